The quantitative estimate of drug-likeness (QED) is 0.633. The van der Waals surface area contributed by atoms with Crippen molar-refractivity contribution in [1.82, 2.24) is 14.6 Å². The molecule has 1 aliphatic rings. The van der Waals surface area contributed by atoms with Crippen LogP contribution in [0.3, 0.4) is 0 Å². The van der Waals surface area contributed by atoms with Gasteiger partial charge in [0.05, 0.1) is 18.8 Å². The Bertz CT molecular complexity index is 662. The molecular weight excluding hydrogens is 316 g/mol. The van der Waals surface area contributed by atoms with Crippen LogP contribution >= 0.6 is 0 Å². The van der Waals surface area contributed by atoms with Crippen molar-refractivity contribution < 1.29 is 23.8 Å². The fourth-order valence-corrected chi connectivity index (χ4v) is 2.58. The number of nitrogens with one attached hydrogen (secondary N) is 1. The Morgan fingerprint density at radius 1 is 1.48 bits per heavy atom. The number of aliphatic hydroxyl groups excluding tert-OH is 1. The van der Waals surface area contributed by atoms with Crippen LogP contribution in [0.25, 0.3) is 0 Å². The lowest BCUT2D eigenvalue weighted by molar-refractivity contribution is -0.160. The molecule has 1 saturated heterocycles. The minimum absolute atomic E-state index is 0.0128. The number of aliphatic hydroxyl groups is 1. The van der Waals surface area contributed by atoms with Crippen molar-refractivity contribution in [2.75, 3.05) is 13.2 Å². The van der Waals surface area contributed by atoms with Crippen molar-refractivity contribution in [1.29, 1.82) is 0 Å². The maximum absolute atomic E-state index is 14.7. The maximum Gasteiger partial charge on any atom is 0.330 e. The SMILES string of the molecule is CC(C)CN(O)[C@H]1[C@H](F)[C@H](n2cc(F)c(=O)[nH]c2=O)O[C@@H]1CO. The van der Waals surface area contributed by atoms with Gasteiger partial charge in [0.15, 0.2) is 12.4 Å². The van der Waals surface area contributed by atoms with Crippen molar-refractivity contribution in [3.05, 3.63) is 32.9 Å². The van der Waals surface area contributed by atoms with Gasteiger partial charge >= 0.3 is 5.69 Å². The van der Waals surface area contributed by atoms with E-state index in [1.807, 2.05) is 0 Å². The van der Waals surface area contributed by atoms with Gasteiger partial charge in [-0.3, -0.25) is 14.3 Å². The molecule has 0 unspecified atom stereocenters. The average molecular weight is 335 g/mol. The van der Waals surface area contributed by atoms with Crippen molar-refractivity contribution in [3.63, 3.8) is 0 Å². The highest BCUT2D eigenvalue weighted by Gasteiger charge is 2.49. The number of ether oxygens (including phenoxy) is 1. The van der Waals surface area contributed by atoms with Crippen LogP contribution in [0.4, 0.5) is 8.78 Å². The largest absolute Gasteiger partial charge is 0.394 e. The average Bonchev–Trinajstić information content (AvgIpc) is 2.79. The summed E-state index contributed by atoms with van der Waals surface area (Å²) in [6, 6.07) is -1.23. The summed E-state index contributed by atoms with van der Waals surface area (Å²) in [5.74, 6) is -1.26. The highest BCUT2D eigenvalue weighted by Crippen LogP contribution is 2.33. The molecular formula is C13H19F2N3O5. The van der Waals surface area contributed by atoms with Crippen LogP contribution in [0.2, 0.25) is 0 Å². The smallest absolute Gasteiger partial charge is 0.330 e. The molecule has 0 bridgehead atoms. The van der Waals surface area contributed by atoms with Gasteiger partial charge in [-0.25, -0.2) is 9.18 Å². The van der Waals surface area contributed by atoms with Crippen LogP contribution < -0.4 is 11.2 Å². The Balaban J connectivity index is 2.34. The van der Waals surface area contributed by atoms with E-state index in [4.69, 9.17) is 4.74 Å². The Morgan fingerprint density at radius 2 is 2.13 bits per heavy atom. The highest BCUT2D eigenvalue weighted by molar-refractivity contribution is 4.97. The summed E-state index contributed by atoms with van der Waals surface area (Å²) in [5, 5.41) is 20.0. The van der Waals surface area contributed by atoms with Gasteiger partial charge in [-0.05, 0) is 5.92 Å². The predicted octanol–water partition coefficient (Wildman–Crippen LogP) is -0.381. The molecule has 130 valence electrons. The van der Waals surface area contributed by atoms with Gasteiger partial charge in [0.25, 0.3) is 5.56 Å². The first-order chi connectivity index (χ1) is 10.8. The first-order valence-electron chi connectivity index (χ1n) is 7.13. The van der Waals surface area contributed by atoms with Crippen molar-refractivity contribution in [2.45, 2.75) is 38.4 Å². The minimum atomic E-state index is -1.92. The molecule has 8 nitrogen and oxygen atoms in total. The van der Waals surface area contributed by atoms with Crippen LogP contribution in [0, 0.1) is 11.7 Å². The molecule has 1 aliphatic heterocycles. The number of rotatable bonds is 5. The van der Waals surface area contributed by atoms with E-state index in [2.05, 4.69) is 0 Å². The summed E-state index contributed by atoms with van der Waals surface area (Å²) < 4.78 is 33.8. The fourth-order valence-electron chi connectivity index (χ4n) is 2.58. The molecule has 0 saturated carbocycles. The molecule has 0 radical (unpaired) electrons. The Labute approximate surface area is 129 Å². The number of hydrogen-bond acceptors (Lipinski definition) is 6. The van der Waals surface area contributed by atoms with Gasteiger partial charge in [-0.2, -0.15) is 9.45 Å². The summed E-state index contributed by atoms with van der Waals surface area (Å²) in [6.07, 6.45) is -4.06. The molecule has 4 atom stereocenters. The number of H-pyrrole nitrogens is 1. The van der Waals surface area contributed by atoms with E-state index in [1.54, 1.807) is 18.8 Å². The Kier molecular flexibility index (Phi) is 5.30. The molecule has 10 heteroatoms. The molecule has 1 aromatic rings. The predicted molar refractivity (Wildman–Crippen MR) is 74.3 cm³/mol. The van der Waals surface area contributed by atoms with E-state index in [9.17, 15) is 28.7 Å². The van der Waals surface area contributed by atoms with Crippen molar-refractivity contribution >= 4 is 0 Å². The zero-order valence-electron chi connectivity index (χ0n) is 12.6. The van der Waals surface area contributed by atoms with E-state index >= 15 is 0 Å². The van der Waals surface area contributed by atoms with E-state index in [0.29, 0.717) is 15.8 Å². The van der Waals surface area contributed by atoms with Gasteiger partial charge in [-0.15, -0.1) is 0 Å². The van der Waals surface area contributed by atoms with E-state index < -0.39 is 48.2 Å². The van der Waals surface area contributed by atoms with Gasteiger partial charge < -0.3 is 15.1 Å². The summed E-state index contributed by atoms with van der Waals surface area (Å²) in [6.45, 7) is 3.13. The summed E-state index contributed by atoms with van der Waals surface area (Å²) in [7, 11) is 0. The van der Waals surface area contributed by atoms with Crippen LogP contribution in [-0.2, 0) is 4.74 Å². The lowest BCUT2D eigenvalue weighted by Crippen LogP contribution is -2.47. The molecule has 23 heavy (non-hydrogen) atoms. The van der Waals surface area contributed by atoms with Gasteiger partial charge in [0.2, 0.25) is 5.82 Å². The first kappa shape index (κ1) is 17.7. The lowest BCUT2D eigenvalue weighted by Gasteiger charge is -2.27. The maximum atomic E-state index is 14.7. The second-order valence-corrected chi connectivity index (χ2v) is 5.84. The number of aromatic amines is 1. The molecule has 0 amide bonds. The second-order valence-electron chi connectivity index (χ2n) is 5.84. The fraction of sp³-hybridized carbons (Fsp3) is 0.692. The summed E-state index contributed by atoms with van der Waals surface area (Å²) >= 11 is 0. The molecule has 0 aromatic carbocycles. The van der Waals surface area contributed by atoms with Gasteiger partial charge in [-0.1, -0.05) is 13.8 Å². The van der Waals surface area contributed by atoms with Crippen LogP contribution in [-0.4, -0.2) is 56.4 Å². The Hall–Kier alpha value is -1.62. The molecule has 0 aliphatic carbocycles. The lowest BCUT2D eigenvalue weighted by atomic mass is 10.1. The topological polar surface area (TPSA) is 108 Å². The first-order valence-corrected chi connectivity index (χ1v) is 7.13. The molecule has 1 aromatic heterocycles. The zero-order valence-corrected chi connectivity index (χ0v) is 12.6. The number of hydroxylamine groups is 2. The number of hydrogen-bond donors (Lipinski definition) is 3. The summed E-state index contributed by atoms with van der Waals surface area (Å²) in [5.41, 5.74) is -2.27. The number of nitrogens with zero attached hydrogens (tertiary/aromatic N) is 2. The van der Waals surface area contributed by atoms with E-state index in [1.165, 1.54) is 0 Å². The molecule has 3 N–H and O–H groups in total. The third kappa shape index (κ3) is 3.50. The number of aromatic nitrogens is 2. The highest BCUT2D eigenvalue weighted by atomic mass is 19.1. The molecule has 2 heterocycles. The number of halogens is 2. The molecule has 0 spiro atoms. The van der Waals surface area contributed by atoms with Gasteiger partial charge in [0, 0.05) is 6.54 Å². The molecule has 2 rings (SSSR count). The van der Waals surface area contributed by atoms with E-state index in [0.717, 1.165) is 0 Å². The standard InChI is InChI=1S/C13H19F2N3O5/c1-6(2)3-18(22)10-8(5-19)23-12(9(10)15)17-4-7(14)11(20)16-13(17)21/h4,6,8-10,12,19,22H,3,5H2,1-2H3,(H,16,20,21)/t8-,9+,10-,12-/m1/s1. The van der Waals surface area contributed by atoms with Gasteiger partial charge in [0.1, 0.15) is 6.10 Å². The second kappa shape index (κ2) is 6.87. The van der Waals surface area contributed by atoms with Crippen LogP contribution in [0.15, 0.2) is 15.8 Å². The van der Waals surface area contributed by atoms with E-state index in [-0.39, 0.29) is 12.5 Å². The third-order valence-electron chi connectivity index (χ3n) is 3.57. The third-order valence-corrected chi connectivity index (χ3v) is 3.57. The number of alkyl halides is 1. The van der Waals surface area contributed by atoms with Crippen LogP contribution in [0.5, 0.6) is 0 Å². The van der Waals surface area contributed by atoms with Crippen molar-refractivity contribution in [2.24, 2.45) is 5.92 Å². The van der Waals surface area contributed by atoms with Crippen LogP contribution in [0.1, 0.15) is 20.1 Å². The normalized spacial score (nSPS) is 28.0. The summed E-state index contributed by atoms with van der Waals surface area (Å²) in [4.78, 5) is 24.5. The Morgan fingerprint density at radius 3 is 2.70 bits per heavy atom. The molecule has 1 fully saturated rings. The zero-order chi connectivity index (χ0) is 17.3. The monoisotopic (exact) mass is 335 g/mol. The van der Waals surface area contributed by atoms with Crippen molar-refractivity contribution in [3.8, 4) is 0 Å². The minimum Gasteiger partial charge on any atom is -0.394 e.